The summed E-state index contributed by atoms with van der Waals surface area (Å²) in [6.45, 7) is 0.961. The van der Waals surface area contributed by atoms with Gasteiger partial charge in [-0.3, -0.25) is 4.99 Å². The van der Waals surface area contributed by atoms with Crippen LogP contribution in [-0.4, -0.2) is 30.5 Å². The highest BCUT2D eigenvalue weighted by Gasteiger charge is 2.62. The smallest absolute Gasteiger partial charge is 0.191 e. The Morgan fingerprint density at radius 2 is 1.62 bits per heavy atom. The maximum Gasteiger partial charge on any atom is 0.191 e. The zero-order valence-electron chi connectivity index (χ0n) is 15.2. The fourth-order valence-corrected chi connectivity index (χ4v) is 8.17. The van der Waals surface area contributed by atoms with Crippen molar-refractivity contribution in [3.63, 3.8) is 0 Å². The predicted octanol–water partition coefficient (Wildman–Crippen LogP) is 4.20. The Balaban J connectivity index is 0.00000146. The standard InChI is InChI=1S/C20H33N3.ClH/c1-23-17(12-22-18(23)21)20-10-14-7-15(11-20)9-19(8-14,13-20)16-5-3-2-4-6-16;/h14-17H,2-13H2,1H3,(H2,21,22);1H. The van der Waals surface area contributed by atoms with Gasteiger partial charge in [0, 0.05) is 7.05 Å². The summed E-state index contributed by atoms with van der Waals surface area (Å²) in [5.41, 5.74) is 7.36. The molecule has 4 bridgehead atoms. The van der Waals surface area contributed by atoms with Crippen molar-refractivity contribution < 1.29 is 0 Å². The third kappa shape index (κ3) is 2.33. The van der Waals surface area contributed by atoms with E-state index in [-0.39, 0.29) is 12.4 Å². The lowest BCUT2D eigenvalue weighted by atomic mass is 9.39. The molecule has 6 aliphatic rings. The Kier molecular flexibility index (Phi) is 4.10. The van der Waals surface area contributed by atoms with Gasteiger partial charge in [-0.25, -0.2) is 0 Å². The summed E-state index contributed by atoms with van der Waals surface area (Å²) in [6.07, 6.45) is 16.6. The van der Waals surface area contributed by atoms with Crippen molar-refractivity contribution in [2.24, 2.45) is 39.3 Å². The molecule has 2 N–H and O–H groups in total. The number of hydrogen-bond donors (Lipinski definition) is 1. The summed E-state index contributed by atoms with van der Waals surface area (Å²) in [4.78, 5) is 6.95. The molecule has 0 aromatic heterocycles. The average Bonchev–Trinajstić information content (AvgIpc) is 2.87. The van der Waals surface area contributed by atoms with Crippen LogP contribution in [0, 0.1) is 28.6 Å². The third-order valence-electron chi connectivity index (χ3n) is 8.58. The fourth-order valence-electron chi connectivity index (χ4n) is 8.17. The SMILES string of the molecule is CN1C(N)=NCC1C12CC3CC(CC(C4CCCCC4)(C3)C1)C2.Cl. The molecule has 0 amide bonds. The van der Waals surface area contributed by atoms with Crippen molar-refractivity contribution in [1.29, 1.82) is 0 Å². The quantitative estimate of drug-likeness (QED) is 0.809. The molecule has 3 nitrogen and oxygen atoms in total. The topological polar surface area (TPSA) is 41.6 Å². The first-order valence-electron chi connectivity index (χ1n) is 10.1. The van der Waals surface area contributed by atoms with Gasteiger partial charge in [0.1, 0.15) is 0 Å². The van der Waals surface area contributed by atoms with E-state index in [0.717, 1.165) is 30.3 Å². The summed E-state index contributed by atoms with van der Waals surface area (Å²) in [7, 11) is 2.20. The van der Waals surface area contributed by atoms with Crippen molar-refractivity contribution in [1.82, 2.24) is 4.90 Å². The van der Waals surface area contributed by atoms with E-state index in [0.29, 0.717) is 16.9 Å². The zero-order valence-corrected chi connectivity index (χ0v) is 16.0. The summed E-state index contributed by atoms with van der Waals surface area (Å²) in [5.74, 6) is 3.84. The maximum absolute atomic E-state index is 6.14. The highest BCUT2D eigenvalue weighted by atomic mass is 35.5. The number of aliphatic imine (C=N–C) groups is 1. The van der Waals surface area contributed by atoms with E-state index < -0.39 is 0 Å². The monoisotopic (exact) mass is 351 g/mol. The summed E-state index contributed by atoms with van der Waals surface area (Å²) in [5, 5.41) is 0. The van der Waals surface area contributed by atoms with Crippen molar-refractivity contribution in [2.75, 3.05) is 13.6 Å². The van der Waals surface area contributed by atoms with Crippen molar-refractivity contribution >= 4 is 18.4 Å². The molecular formula is C20H34ClN3. The van der Waals surface area contributed by atoms with Gasteiger partial charge in [0.2, 0.25) is 0 Å². The van der Waals surface area contributed by atoms with Crippen LogP contribution in [0.25, 0.3) is 0 Å². The van der Waals surface area contributed by atoms with Crippen LogP contribution in [-0.2, 0) is 0 Å². The van der Waals surface area contributed by atoms with Gasteiger partial charge in [-0.2, -0.15) is 0 Å². The summed E-state index contributed by atoms with van der Waals surface area (Å²) < 4.78 is 0. The molecule has 0 radical (unpaired) electrons. The van der Waals surface area contributed by atoms with Crippen molar-refractivity contribution in [3.8, 4) is 0 Å². The van der Waals surface area contributed by atoms with Gasteiger partial charge in [-0.1, -0.05) is 19.3 Å². The summed E-state index contributed by atoms with van der Waals surface area (Å²) in [6, 6.07) is 0.594. The fraction of sp³-hybridized carbons (Fsp3) is 0.950. The van der Waals surface area contributed by atoms with Crippen LogP contribution in [0.5, 0.6) is 0 Å². The molecule has 4 heteroatoms. The van der Waals surface area contributed by atoms with E-state index in [4.69, 9.17) is 5.73 Å². The minimum atomic E-state index is 0. The Morgan fingerprint density at radius 1 is 1.00 bits per heavy atom. The number of guanidine groups is 1. The van der Waals surface area contributed by atoms with Gasteiger partial charge in [0.25, 0.3) is 0 Å². The first-order chi connectivity index (χ1) is 11.1. The lowest BCUT2D eigenvalue weighted by molar-refractivity contribution is -0.159. The highest BCUT2D eigenvalue weighted by Crippen LogP contribution is 2.70. The van der Waals surface area contributed by atoms with Gasteiger partial charge in [0.05, 0.1) is 12.6 Å². The lowest BCUT2D eigenvalue weighted by Crippen LogP contribution is -2.61. The van der Waals surface area contributed by atoms with E-state index in [1.165, 1.54) is 57.8 Å². The second-order valence-electron chi connectivity index (χ2n) is 9.85. The molecule has 3 atom stereocenters. The predicted molar refractivity (Wildman–Crippen MR) is 101 cm³/mol. The van der Waals surface area contributed by atoms with Crippen LogP contribution in [0.15, 0.2) is 4.99 Å². The Labute approximate surface area is 153 Å². The van der Waals surface area contributed by atoms with Gasteiger partial charge in [-0.15, -0.1) is 12.4 Å². The van der Waals surface area contributed by atoms with E-state index in [1.54, 1.807) is 12.8 Å². The number of rotatable bonds is 2. The number of halogens is 1. The Morgan fingerprint density at radius 3 is 2.21 bits per heavy atom. The van der Waals surface area contributed by atoms with Gasteiger partial charge < -0.3 is 10.6 Å². The molecule has 1 aliphatic heterocycles. The minimum Gasteiger partial charge on any atom is -0.370 e. The zero-order chi connectivity index (χ0) is 15.7. The Bertz CT molecular complexity index is 511. The van der Waals surface area contributed by atoms with E-state index in [2.05, 4.69) is 16.9 Å². The molecular weight excluding hydrogens is 318 g/mol. The number of nitrogens with two attached hydrogens (primary N) is 1. The largest absolute Gasteiger partial charge is 0.370 e. The molecule has 3 unspecified atom stereocenters. The van der Waals surface area contributed by atoms with Crippen molar-refractivity contribution in [3.05, 3.63) is 0 Å². The first kappa shape index (κ1) is 17.0. The number of hydrogen-bond acceptors (Lipinski definition) is 3. The van der Waals surface area contributed by atoms with Gasteiger partial charge >= 0.3 is 0 Å². The minimum absolute atomic E-state index is 0. The Hall–Kier alpha value is -0.440. The second-order valence-corrected chi connectivity index (χ2v) is 9.85. The molecule has 136 valence electrons. The van der Waals surface area contributed by atoms with E-state index >= 15 is 0 Å². The molecule has 0 saturated heterocycles. The molecule has 1 heterocycles. The second kappa shape index (κ2) is 5.79. The number of likely N-dealkylation sites (N-methyl/N-ethyl adjacent to an activating group) is 1. The molecule has 5 aliphatic carbocycles. The van der Waals surface area contributed by atoms with Crippen LogP contribution in [0.3, 0.4) is 0 Å². The molecule has 0 spiro atoms. The van der Waals surface area contributed by atoms with E-state index in [9.17, 15) is 0 Å². The van der Waals surface area contributed by atoms with Crippen LogP contribution in [0.2, 0.25) is 0 Å². The van der Waals surface area contributed by atoms with E-state index in [1.807, 2.05) is 0 Å². The number of nitrogens with zero attached hydrogens (tertiary/aromatic N) is 2. The molecule has 24 heavy (non-hydrogen) atoms. The normalized spacial score (nSPS) is 47.6. The van der Waals surface area contributed by atoms with Crippen LogP contribution in [0.1, 0.15) is 70.6 Å². The van der Waals surface area contributed by atoms with Crippen molar-refractivity contribution in [2.45, 2.75) is 76.7 Å². The van der Waals surface area contributed by atoms with Gasteiger partial charge in [-0.05, 0) is 80.0 Å². The van der Waals surface area contributed by atoms with Crippen LogP contribution in [0.4, 0.5) is 0 Å². The highest BCUT2D eigenvalue weighted by molar-refractivity contribution is 5.85. The molecule has 0 aromatic rings. The third-order valence-corrected chi connectivity index (χ3v) is 8.58. The maximum atomic E-state index is 6.14. The lowest BCUT2D eigenvalue weighted by Gasteiger charge is -2.66. The molecule has 5 saturated carbocycles. The summed E-state index contributed by atoms with van der Waals surface area (Å²) >= 11 is 0. The molecule has 6 rings (SSSR count). The molecule has 5 fully saturated rings. The first-order valence-corrected chi connectivity index (χ1v) is 10.1. The van der Waals surface area contributed by atoms with Gasteiger partial charge in [0.15, 0.2) is 5.96 Å². The average molecular weight is 352 g/mol. The van der Waals surface area contributed by atoms with Crippen LogP contribution < -0.4 is 5.73 Å². The van der Waals surface area contributed by atoms with Crippen LogP contribution >= 0.6 is 12.4 Å². The molecule has 0 aromatic carbocycles.